The van der Waals surface area contributed by atoms with Crippen LogP contribution in [0.4, 0.5) is 0 Å². The number of aromatic nitrogens is 1. The molecule has 0 saturated carbocycles. The number of nitrogens with one attached hydrogen (secondary N) is 1. The summed E-state index contributed by atoms with van der Waals surface area (Å²) >= 11 is 3.33. The normalized spacial score (nSPS) is 10.3. The van der Waals surface area contributed by atoms with Crippen molar-refractivity contribution < 1.29 is 14.7 Å². The van der Waals surface area contributed by atoms with Gasteiger partial charge in [-0.2, -0.15) is 0 Å². The first-order valence-electron chi connectivity index (χ1n) is 5.12. The minimum atomic E-state index is -1.08. The van der Waals surface area contributed by atoms with Crippen LogP contribution in [-0.4, -0.2) is 28.5 Å². The van der Waals surface area contributed by atoms with E-state index in [0.717, 1.165) is 4.47 Å². The van der Waals surface area contributed by atoms with E-state index in [1.807, 2.05) is 0 Å². The van der Waals surface area contributed by atoms with Gasteiger partial charge in [-0.3, -0.25) is 14.6 Å². The lowest BCUT2D eigenvalue weighted by Gasteiger charge is -2.06. The van der Waals surface area contributed by atoms with Crippen LogP contribution in [-0.2, 0) is 4.79 Å². The Morgan fingerprint density at radius 1 is 1.33 bits per heavy atom. The highest BCUT2D eigenvalue weighted by Gasteiger charge is 2.11. The molecule has 0 atom stereocenters. The van der Waals surface area contributed by atoms with Crippen molar-refractivity contribution in [3.63, 3.8) is 0 Å². The Morgan fingerprint density at radius 3 is 2.83 bits per heavy atom. The number of nitrogens with zero attached hydrogens (tertiary/aromatic N) is 1. The van der Waals surface area contributed by atoms with Crippen LogP contribution >= 0.6 is 15.9 Å². The van der Waals surface area contributed by atoms with Crippen molar-refractivity contribution in [3.8, 4) is 0 Å². The number of pyridine rings is 1. The number of aliphatic carboxylic acids is 1. The van der Waals surface area contributed by atoms with Gasteiger partial charge in [-0.15, -0.1) is 0 Å². The number of fused-ring (bicyclic) bond motifs is 1. The quantitative estimate of drug-likeness (QED) is 0.906. The molecule has 1 heterocycles. The molecule has 0 fully saturated rings. The van der Waals surface area contributed by atoms with E-state index >= 15 is 0 Å². The third-order valence-corrected chi connectivity index (χ3v) is 2.84. The first kappa shape index (κ1) is 12.5. The maximum Gasteiger partial charge on any atom is 0.322 e. The van der Waals surface area contributed by atoms with Crippen molar-refractivity contribution in [1.29, 1.82) is 0 Å². The number of carbonyl (C=O) groups is 2. The van der Waals surface area contributed by atoms with Gasteiger partial charge in [0.25, 0.3) is 5.91 Å². The molecule has 0 aliphatic heterocycles. The summed E-state index contributed by atoms with van der Waals surface area (Å²) < 4.78 is 0.866. The maximum absolute atomic E-state index is 11.8. The lowest BCUT2D eigenvalue weighted by molar-refractivity contribution is -0.135. The Bertz CT molecular complexity index is 628. The number of carbonyl (C=O) groups excluding carboxylic acids is 1. The predicted molar refractivity (Wildman–Crippen MR) is 69.4 cm³/mol. The smallest absolute Gasteiger partial charge is 0.322 e. The molecule has 0 radical (unpaired) electrons. The van der Waals surface area contributed by atoms with Crippen LogP contribution < -0.4 is 5.32 Å². The minimum absolute atomic E-state index is 0.404. The van der Waals surface area contributed by atoms with E-state index in [9.17, 15) is 9.59 Å². The van der Waals surface area contributed by atoms with Gasteiger partial charge in [0, 0.05) is 16.1 Å². The van der Waals surface area contributed by atoms with Crippen LogP contribution in [0, 0.1) is 0 Å². The molecular weight excluding hydrogens is 300 g/mol. The molecule has 2 rings (SSSR count). The summed E-state index contributed by atoms with van der Waals surface area (Å²) in [5.74, 6) is -1.50. The number of rotatable bonds is 3. The number of hydrogen-bond acceptors (Lipinski definition) is 3. The SMILES string of the molecule is O=C(O)CNC(=O)c1ccnc2cc(Br)ccc12. The molecule has 5 nitrogen and oxygen atoms in total. The second kappa shape index (κ2) is 5.14. The Morgan fingerprint density at radius 2 is 2.11 bits per heavy atom. The molecular formula is C12H9BrN2O3. The van der Waals surface area contributed by atoms with E-state index in [0.29, 0.717) is 16.5 Å². The molecule has 92 valence electrons. The standard InChI is InChI=1S/C12H9BrN2O3/c13-7-1-2-8-9(3-4-14-10(8)5-7)12(18)15-6-11(16)17/h1-5H,6H2,(H,15,18)(H,16,17). The fourth-order valence-corrected chi connectivity index (χ4v) is 1.92. The van der Waals surface area contributed by atoms with Crippen LogP contribution in [0.5, 0.6) is 0 Å². The number of carboxylic acids is 1. The third-order valence-electron chi connectivity index (χ3n) is 2.35. The van der Waals surface area contributed by atoms with E-state index in [2.05, 4.69) is 26.2 Å². The van der Waals surface area contributed by atoms with E-state index in [4.69, 9.17) is 5.11 Å². The summed E-state index contributed by atoms with van der Waals surface area (Å²) in [7, 11) is 0. The minimum Gasteiger partial charge on any atom is -0.480 e. The zero-order valence-corrected chi connectivity index (χ0v) is 10.8. The van der Waals surface area contributed by atoms with E-state index in [-0.39, 0.29) is 0 Å². The number of benzene rings is 1. The molecule has 6 heteroatoms. The first-order valence-corrected chi connectivity index (χ1v) is 5.91. The molecule has 18 heavy (non-hydrogen) atoms. The van der Waals surface area contributed by atoms with Crippen molar-refractivity contribution in [1.82, 2.24) is 10.3 Å². The largest absolute Gasteiger partial charge is 0.480 e. The number of hydrogen-bond donors (Lipinski definition) is 2. The van der Waals surface area contributed by atoms with Crippen LogP contribution in [0.25, 0.3) is 10.9 Å². The summed E-state index contributed by atoms with van der Waals surface area (Å²) in [6, 6.07) is 6.93. The van der Waals surface area contributed by atoms with E-state index in [1.165, 1.54) is 6.20 Å². The molecule has 0 aliphatic rings. The average molecular weight is 309 g/mol. The second-order valence-corrected chi connectivity index (χ2v) is 4.51. The molecule has 0 bridgehead atoms. The Kier molecular flexibility index (Phi) is 3.57. The third kappa shape index (κ3) is 2.65. The summed E-state index contributed by atoms with van der Waals surface area (Å²) in [6.07, 6.45) is 1.52. The van der Waals surface area contributed by atoms with Gasteiger partial charge >= 0.3 is 5.97 Å². The molecule has 0 spiro atoms. The molecule has 1 amide bonds. The maximum atomic E-state index is 11.8. The van der Waals surface area contributed by atoms with Crippen molar-refractivity contribution in [2.45, 2.75) is 0 Å². The van der Waals surface area contributed by atoms with Gasteiger partial charge in [0.15, 0.2) is 0 Å². The zero-order chi connectivity index (χ0) is 13.1. The fraction of sp³-hybridized carbons (Fsp3) is 0.0833. The zero-order valence-electron chi connectivity index (χ0n) is 9.18. The van der Waals surface area contributed by atoms with Crippen molar-refractivity contribution >= 4 is 38.7 Å². The molecule has 0 saturated heterocycles. The van der Waals surface area contributed by atoms with Crippen LogP contribution in [0.1, 0.15) is 10.4 Å². The summed E-state index contributed by atoms with van der Waals surface area (Å²) in [5.41, 5.74) is 1.08. The molecule has 1 aromatic heterocycles. The predicted octanol–water partition coefficient (Wildman–Crippen LogP) is 1.81. The lowest BCUT2D eigenvalue weighted by Crippen LogP contribution is -2.29. The molecule has 1 aromatic carbocycles. The highest BCUT2D eigenvalue weighted by atomic mass is 79.9. The second-order valence-electron chi connectivity index (χ2n) is 3.60. The fourth-order valence-electron chi connectivity index (χ4n) is 1.57. The number of carboxylic acid groups (broad SMARTS) is 1. The van der Waals surface area contributed by atoms with Gasteiger partial charge in [-0.05, 0) is 18.2 Å². The van der Waals surface area contributed by atoms with Gasteiger partial charge in [0.1, 0.15) is 6.54 Å². The highest BCUT2D eigenvalue weighted by molar-refractivity contribution is 9.10. The monoisotopic (exact) mass is 308 g/mol. The van der Waals surface area contributed by atoms with E-state index < -0.39 is 18.4 Å². The average Bonchev–Trinajstić information content (AvgIpc) is 2.34. The Balaban J connectivity index is 2.38. The van der Waals surface area contributed by atoms with Gasteiger partial charge in [0.05, 0.1) is 11.1 Å². The van der Waals surface area contributed by atoms with Crippen LogP contribution in [0.3, 0.4) is 0 Å². The number of halogens is 1. The van der Waals surface area contributed by atoms with Gasteiger partial charge in [0.2, 0.25) is 0 Å². The van der Waals surface area contributed by atoms with E-state index in [1.54, 1.807) is 24.3 Å². The first-order chi connectivity index (χ1) is 8.58. The molecule has 0 aliphatic carbocycles. The van der Waals surface area contributed by atoms with Crippen LogP contribution in [0.15, 0.2) is 34.9 Å². The molecule has 2 aromatic rings. The van der Waals surface area contributed by atoms with Gasteiger partial charge < -0.3 is 10.4 Å². The van der Waals surface area contributed by atoms with Gasteiger partial charge in [-0.25, -0.2) is 0 Å². The molecule has 0 unspecified atom stereocenters. The summed E-state index contributed by atoms with van der Waals surface area (Å²) in [6.45, 7) is -0.404. The lowest BCUT2D eigenvalue weighted by atomic mass is 10.1. The number of amides is 1. The summed E-state index contributed by atoms with van der Waals surface area (Å²) in [4.78, 5) is 26.4. The van der Waals surface area contributed by atoms with Crippen molar-refractivity contribution in [3.05, 3.63) is 40.5 Å². The Hall–Kier alpha value is -1.95. The Labute approximate surface area is 111 Å². The van der Waals surface area contributed by atoms with Gasteiger partial charge in [-0.1, -0.05) is 22.0 Å². The van der Waals surface area contributed by atoms with Crippen molar-refractivity contribution in [2.24, 2.45) is 0 Å². The van der Waals surface area contributed by atoms with Crippen molar-refractivity contribution in [2.75, 3.05) is 6.54 Å². The molecule has 2 N–H and O–H groups in total. The van der Waals surface area contributed by atoms with Crippen LogP contribution in [0.2, 0.25) is 0 Å². The summed E-state index contributed by atoms with van der Waals surface area (Å²) in [5, 5.41) is 11.5. The topological polar surface area (TPSA) is 79.3 Å². The highest BCUT2D eigenvalue weighted by Crippen LogP contribution is 2.20.